The van der Waals surface area contributed by atoms with Crippen LogP contribution in [0.25, 0.3) is 0 Å². The third-order valence-corrected chi connectivity index (χ3v) is 3.09. The van der Waals surface area contributed by atoms with E-state index >= 15 is 0 Å². The van der Waals surface area contributed by atoms with Crippen LogP contribution < -0.4 is 0 Å². The maximum absolute atomic E-state index is 2.45. The molecule has 0 radical (unpaired) electrons. The number of hydrogen-bond donors (Lipinski definition) is 0. The highest BCUT2D eigenvalue weighted by Gasteiger charge is 2.13. The predicted molar refractivity (Wildman–Crippen MR) is 71.8 cm³/mol. The molecule has 0 heterocycles. The summed E-state index contributed by atoms with van der Waals surface area (Å²) in [5.41, 5.74) is 3.10. The maximum atomic E-state index is 2.45. The summed E-state index contributed by atoms with van der Waals surface area (Å²) >= 11 is 0. The molecule has 0 saturated heterocycles. The van der Waals surface area contributed by atoms with Crippen molar-refractivity contribution in [3.63, 3.8) is 0 Å². The van der Waals surface area contributed by atoms with E-state index in [9.17, 15) is 0 Å². The molecule has 0 saturated carbocycles. The summed E-state index contributed by atoms with van der Waals surface area (Å²) in [7, 11) is 0. The monoisotopic (exact) mass is 219 g/mol. The lowest BCUT2D eigenvalue weighted by Gasteiger charge is -2.22. The van der Waals surface area contributed by atoms with E-state index < -0.39 is 0 Å². The van der Waals surface area contributed by atoms with E-state index in [4.69, 9.17) is 0 Å². The minimum absolute atomic E-state index is 0.249. The molecule has 0 atom stereocenters. The normalized spacial score (nSPS) is 12.1. The van der Waals surface area contributed by atoms with Crippen molar-refractivity contribution in [3.8, 4) is 0 Å². The Bertz CT molecular complexity index is 318. The first-order chi connectivity index (χ1) is 7.47. The Labute approximate surface area is 100 Å². The second-order valence-corrected chi connectivity index (χ2v) is 5.41. The van der Waals surface area contributed by atoms with E-state index in [2.05, 4.69) is 63.8 Å². The van der Waals surface area contributed by atoms with Gasteiger partial charge in [-0.05, 0) is 29.6 Å². The molecule has 0 aromatic heterocycles. The van der Waals surface area contributed by atoms with Gasteiger partial charge in [-0.2, -0.15) is 0 Å². The van der Waals surface area contributed by atoms with Gasteiger partial charge in [0.2, 0.25) is 0 Å². The van der Waals surface area contributed by atoms with Crippen molar-refractivity contribution in [2.75, 3.05) is 13.1 Å². The minimum atomic E-state index is 0.249. The topological polar surface area (TPSA) is 3.24 Å². The van der Waals surface area contributed by atoms with E-state index in [0.717, 1.165) is 19.6 Å². The molecule has 1 aromatic carbocycles. The predicted octanol–water partition coefficient (Wildman–Crippen LogP) is 3.83. The molecule has 0 N–H and O–H groups in total. The van der Waals surface area contributed by atoms with Gasteiger partial charge in [0.05, 0.1) is 0 Å². The van der Waals surface area contributed by atoms with Gasteiger partial charge in [-0.15, -0.1) is 0 Å². The zero-order valence-electron chi connectivity index (χ0n) is 11.4. The summed E-state index contributed by atoms with van der Waals surface area (Å²) in [5, 5.41) is 0. The SMILES string of the molecule is CCN(CC)Cc1cccc(C(C)(C)C)c1. The standard InChI is InChI=1S/C15H25N/c1-6-16(7-2)12-13-9-8-10-14(11-13)15(3,4)5/h8-11H,6-7,12H2,1-5H3. The van der Waals surface area contributed by atoms with Crippen LogP contribution in [0.4, 0.5) is 0 Å². The highest BCUT2D eigenvalue weighted by molar-refractivity contribution is 5.28. The molecule has 0 aliphatic carbocycles. The van der Waals surface area contributed by atoms with E-state index in [1.807, 2.05) is 0 Å². The van der Waals surface area contributed by atoms with E-state index in [1.165, 1.54) is 11.1 Å². The highest BCUT2D eigenvalue weighted by Crippen LogP contribution is 2.23. The Morgan fingerprint density at radius 3 is 2.19 bits per heavy atom. The van der Waals surface area contributed by atoms with Gasteiger partial charge in [0, 0.05) is 6.54 Å². The Hall–Kier alpha value is -0.820. The van der Waals surface area contributed by atoms with Gasteiger partial charge >= 0.3 is 0 Å². The summed E-state index contributed by atoms with van der Waals surface area (Å²) in [5.74, 6) is 0. The van der Waals surface area contributed by atoms with Crippen molar-refractivity contribution in [3.05, 3.63) is 35.4 Å². The Morgan fingerprint density at radius 1 is 1.06 bits per heavy atom. The highest BCUT2D eigenvalue weighted by atomic mass is 15.1. The lowest BCUT2D eigenvalue weighted by molar-refractivity contribution is 0.295. The molecule has 0 aliphatic rings. The fraction of sp³-hybridized carbons (Fsp3) is 0.600. The fourth-order valence-corrected chi connectivity index (χ4v) is 1.84. The third-order valence-electron chi connectivity index (χ3n) is 3.09. The van der Waals surface area contributed by atoms with Gasteiger partial charge in [-0.3, -0.25) is 4.90 Å². The summed E-state index contributed by atoms with van der Waals surface area (Å²) in [4.78, 5) is 2.45. The van der Waals surface area contributed by atoms with Gasteiger partial charge in [0.1, 0.15) is 0 Å². The van der Waals surface area contributed by atoms with Crippen LogP contribution in [0.2, 0.25) is 0 Å². The largest absolute Gasteiger partial charge is 0.300 e. The van der Waals surface area contributed by atoms with Crippen molar-refractivity contribution in [2.45, 2.75) is 46.6 Å². The molecule has 1 nitrogen and oxygen atoms in total. The Balaban J connectivity index is 2.82. The van der Waals surface area contributed by atoms with Crippen LogP contribution in [0.15, 0.2) is 24.3 Å². The quantitative estimate of drug-likeness (QED) is 0.744. The van der Waals surface area contributed by atoms with Gasteiger partial charge in [-0.25, -0.2) is 0 Å². The molecular formula is C15H25N. The molecule has 0 spiro atoms. The molecule has 1 rings (SSSR count). The van der Waals surface area contributed by atoms with E-state index in [-0.39, 0.29) is 5.41 Å². The lowest BCUT2D eigenvalue weighted by atomic mass is 9.86. The zero-order valence-corrected chi connectivity index (χ0v) is 11.4. The number of hydrogen-bond acceptors (Lipinski definition) is 1. The van der Waals surface area contributed by atoms with Gasteiger partial charge < -0.3 is 0 Å². The second-order valence-electron chi connectivity index (χ2n) is 5.41. The molecule has 16 heavy (non-hydrogen) atoms. The van der Waals surface area contributed by atoms with Crippen LogP contribution in [0.5, 0.6) is 0 Å². The van der Waals surface area contributed by atoms with E-state index in [0.29, 0.717) is 0 Å². The van der Waals surface area contributed by atoms with Crippen LogP contribution in [-0.4, -0.2) is 18.0 Å². The molecule has 0 fully saturated rings. The molecule has 90 valence electrons. The van der Waals surface area contributed by atoms with Crippen molar-refractivity contribution in [1.82, 2.24) is 4.90 Å². The van der Waals surface area contributed by atoms with Crippen LogP contribution in [0, 0.1) is 0 Å². The second kappa shape index (κ2) is 5.49. The van der Waals surface area contributed by atoms with Crippen LogP contribution >= 0.6 is 0 Å². The average molecular weight is 219 g/mol. The molecule has 0 unspecified atom stereocenters. The molecular weight excluding hydrogens is 194 g/mol. The summed E-state index contributed by atoms with van der Waals surface area (Å²) in [6.45, 7) is 14.5. The van der Waals surface area contributed by atoms with E-state index in [1.54, 1.807) is 0 Å². The molecule has 0 bridgehead atoms. The molecule has 1 aromatic rings. The van der Waals surface area contributed by atoms with Crippen LogP contribution in [0.1, 0.15) is 45.7 Å². The average Bonchev–Trinajstić information content (AvgIpc) is 2.25. The molecule has 0 aliphatic heterocycles. The summed E-state index contributed by atoms with van der Waals surface area (Å²) < 4.78 is 0. The van der Waals surface area contributed by atoms with Gasteiger partial charge in [-0.1, -0.05) is 58.9 Å². The first-order valence-corrected chi connectivity index (χ1v) is 6.29. The molecule has 1 heteroatoms. The van der Waals surface area contributed by atoms with Crippen LogP contribution in [-0.2, 0) is 12.0 Å². The Morgan fingerprint density at radius 2 is 1.69 bits per heavy atom. The van der Waals surface area contributed by atoms with Gasteiger partial charge in [0.25, 0.3) is 0 Å². The number of nitrogens with zero attached hydrogens (tertiary/aromatic N) is 1. The lowest BCUT2D eigenvalue weighted by Crippen LogP contribution is -2.22. The maximum Gasteiger partial charge on any atom is 0.0233 e. The van der Waals surface area contributed by atoms with Gasteiger partial charge in [0.15, 0.2) is 0 Å². The first kappa shape index (κ1) is 13.2. The first-order valence-electron chi connectivity index (χ1n) is 6.29. The smallest absolute Gasteiger partial charge is 0.0233 e. The zero-order chi connectivity index (χ0) is 12.2. The molecule has 0 amide bonds. The fourth-order valence-electron chi connectivity index (χ4n) is 1.84. The van der Waals surface area contributed by atoms with Crippen molar-refractivity contribution < 1.29 is 0 Å². The van der Waals surface area contributed by atoms with Crippen molar-refractivity contribution in [1.29, 1.82) is 0 Å². The van der Waals surface area contributed by atoms with Crippen molar-refractivity contribution in [2.24, 2.45) is 0 Å². The Kier molecular flexibility index (Phi) is 4.55. The summed E-state index contributed by atoms with van der Waals surface area (Å²) in [6.07, 6.45) is 0. The third kappa shape index (κ3) is 3.64. The minimum Gasteiger partial charge on any atom is -0.300 e. The van der Waals surface area contributed by atoms with Crippen molar-refractivity contribution >= 4 is 0 Å². The number of benzene rings is 1. The number of rotatable bonds is 4. The summed E-state index contributed by atoms with van der Waals surface area (Å²) in [6, 6.07) is 8.98. The van der Waals surface area contributed by atoms with Crippen LogP contribution in [0.3, 0.4) is 0 Å².